The van der Waals surface area contributed by atoms with Crippen molar-refractivity contribution in [2.75, 3.05) is 0 Å². The van der Waals surface area contributed by atoms with E-state index in [2.05, 4.69) is 68.6 Å². The van der Waals surface area contributed by atoms with E-state index in [1.165, 1.54) is 54.9 Å². The third-order valence-electron chi connectivity index (χ3n) is 7.18. The molecule has 0 radical (unpaired) electrons. The van der Waals surface area contributed by atoms with Gasteiger partial charge in [0.2, 0.25) is 0 Å². The van der Waals surface area contributed by atoms with E-state index in [1.54, 1.807) is 11.1 Å². The zero-order valence-corrected chi connectivity index (χ0v) is 16.5. The van der Waals surface area contributed by atoms with E-state index in [0.717, 1.165) is 17.5 Å². The fraction of sp³-hybridized carbons (Fsp3) is 0.423. The molecule has 3 aromatic rings. The summed E-state index contributed by atoms with van der Waals surface area (Å²) in [6.07, 6.45) is 10.2. The van der Waals surface area contributed by atoms with E-state index in [4.69, 9.17) is 4.98 Å². The smallest absolute Gasteiger partial charge is 0.0708 e. The minimum absolute atomic E-state index is 0.560. The van der Waals surface area contributed by atoms with Crippen LogP contribution in [0.3, 0.4) is 0 Å². The van der Waals surface area contributed by atoms with Crippen LogP contribution in [0.4, 0.5) is 0 Å². The lowest BCUT2D eigenvalue weighted by molar-refractivity contribution is 0.151. The number of fused-ring (bicyclic) bond motifs is 3. The van der Waals surface area contributed by atoms with Crippen molar-refractivity contribution in [3.63, 3.8) is 0 Å². The summed E-state index contributed by atoms with van der Waals surface area (Å²) in [7, 11) is 0. The zero-order valence-electron chi connectivity index (χ0n) is 16.5. The number of nitrogens with zero attached hydrogens (tertiary/aromatic N) is 1. The van der Waals surface area contributed by atoms with E-state index in [9.17, 15) is 0 Å². The Kier molecular flexibility index (Phi) is 4.07. The summed E-state index contributed by atoms with van der Waals surface area (Å²) in [5, 5.41) is 2.72. The Morgan fingerprint density at radius 1 is 0.889 bits per heavy atom. The van der Waals surface area contributed by atoms with Crippen LogP contribution in [0.2, 0.25) is 0 Å². The van der Waals surface area contributed by atoms with E-state index in [0.29, 0.717) is 5.41 Å². The highest BCUT2D eigenvalue weighted by Crippen LogP contribution is 2.45. The summed E-state index contributed by atoms with van der Waals surface area (Å²) in [4.78, 5) is 4.73. The number of pyridine rings is 1. The first kappa shape index (κ1) is 17.0. The van der Waals surface area contributed by atoms with Gasteiger partial charge in [0.05, 0.1) is 5.69 Å². The maximum atomic E-state index is 4.73. The molecule has 0 N–H and O–H groups in total. The Labute approximate surface area is 162 Å². The van der Waals surface area contributed by atoms with Gasteiger partial charge in [0.25, 0.3) is 0 Å². The molecule has 2 aromatic carbocycles. The molecular formula is C26H29N. The minimum Gasteiger partial charge on any atom is -0.256 e. The molecule has 0 amide bonds. The average molecular weight is 356 g/mol. The monoisotopic (exact) mass is 355 g/mol. The third kappa shape index (κ3) is 3.18. The number of hydrogen-bond acceptors (Lipinski definition) is 1. The van der Waals surface area contributed by atoms with Crippen LogP contribution < -0.4 is 0 Å². The Morgan fingerprint density at radius 2 is 1.67 bits per heavy atom. The van der Waals surface area contributed by atoms with Gasteiger partial charge in [-0.1, -0.05) is 56.3 Å². The highest BCUT2D eigenvalue weighted by molar-refractivity contribution is 5.89. The molecule has 0 bridgehead atoms. The van der Waals surface area contributed by atoms with Gasteiger partial charge in [-0.25, -0.2) is 0 Å². The van der Waals surface area contributed by atoms with Crippen LogP contribution in [-0.2, 0) is 12.8 Å². The van der Waals surface area contributed by atoms with Gasteiger partial charge >= 0.3 is 0 Å². The number of hydrogen-bond donors (Lipinski definition) is 0. The van der Waals surface area contributed by atoms with Gasteiger partial charge in [0.1, 0.15) is 0 Å². The van der Waals surface area contributed by atoms with Gasteiger partial charge in [-0.15, -0.1) is 0 Å². The second-order valence-corrected chi connectivity index (χ2v) is 9.53. The molecule has 1 aromatic heterocycles. The van der Waals surface area contributed by atoms with Crippen LogP contribution >= 0.6 is 0 Å². The summed E-state index contributed by atoms with van der Waals surface area (Å²) in [5.74, 6) is 1.76. The molecule has 2 aliphatic carbocycles. The molecule has 1 unspecified atom stereocenters. The topological polar surface area (TPSA) is 12.9 Å². The average Bonchev–Trinajstić information content (AvgIpc) is 3.13. The molecule has 1 heterocycles. The molecule has 2 aliphatic rings. The third-order valence-corrected chi connectivity index (χ3v) is 7.18. The fourth-order valence-corrected chi connectivity index (χ4v) is 5.37. The van der Waals surface area contributed by atoms with Crippen molar-refractivity contribution in [1.29, 1.82) is 0 Å². The molecule has 1 saturated carbocycles. The van der Waals surface area contributed by atoms with E-state index >= 15 is 0 Å². The molecule has 1 nitrogen and oxygen atoms in total. The van der Waals surface area contributed by atoms with Gasteiger partial charge in [-0.05, 0) is 78.4 Å². The molecule has 1 atom stereocenters. The SMILES string of the molecule is CC1(C)CCC(C2Cc3ccc4cnc(-c5ccccc5)cc4c3C2)CC1. The Hall–Kier alpha value is -2.15. The molecule has 0 spiro atoms. The van der Waals surface area contributed by atoms with E-state index in [-0.39, 0.29) is 0 Å². The van der Waals surface area contributed by atoms with Crippen LogP contribution in [0.1, 0.15) is 50.7 Å². The number of aromatic nitrogens is 1. The van der Waals surface area contributed by atoms with Crippen LogP contribution in [0, 0.1) is 17.3 Å². The van der Waals surface area contributed by atoms with E-state index < -0.39 is 0 Å². The van der Waals surface area contributed by atoms with Crippen molar-refractivity contribution in [3.05, 3.63) is 65.9 Å². The molecular weight excluding hydrogens is 326 g/mol. The lowest BCUT2D eigenvalue weighted by atomic mass is 9.69. The summed E-state index contributed by atoms with van der Waals surface area (Å²) >= 11 is 0. The normalized spacial score (nSPS) is 22.1. The summed E-state index contributed by atoms with van der Waals surface area (Å²) < 4.78 is 0. The van der Waals surface area contributed by atoms with Gasteiger partial charge < -0.3 is 0 Å². The minimum atomic E-state index is 0.560. The molecule has 5 rings (SSSR count). The quantitative estimate of drug-likeness (QED) is 0.491. The van der Waals surface area contributed by atoms with E-state index in [1.807, 2.05) is 0 Å². The summed E-state index contributed by atoms with van der Waals surface area (Å²) in [6.45, 7) is 4.89. The highest BCUT2D eigenvalue weighted by atomic mass is 14.7. The molecule has 1 heteroatoms. The Morgan fingerprint density at radius 3 is 2.44 bits per heavy atom. The van der Waals surface area contributed by atoms with Crippen molar-refractivity contribution in [2.24, 2.45) is 17.3 Å². The molecule has 0 aliphatic heterocycles. The molecule has 138 valence electrons. The lowest BCUT2D eigenvalue weighted by Crippen LogP contribution is -2.26. The highest BCUT2D eigenvalue weighted by Gasteiger charge is 2.34. The first-order valence-corrected chi connectivity index (χ1v) is 10.5. The van der Waals surface area contributed by atoms with Gasteiger partial charge in [-0.3, -0.25) is 4.98 Å². The molecule has 27 heavy (non-hydrogen) atoms. The van der Waals surface area contributed by atoms with Crippen molar-refractivity contribution >= 4 is 10.8 Å². The number of rotatable bonds is 2. The number of benzene rings is 2. The predicted molar refractivity (Wildman–Crippen MR) is 114 cm³/mol. The first-order chi connectivity index (χ1) is 13.1. The Bertz CT molecular complexity index is 960. The van der Waals surface area contributed by atoms with Gasteiger partial charge in [0.15, 0.2) is 0 Å². The zero-order chi connectivity index (χ0) is 18.4. The second kappa shape index (κ2) is 6.48. The largest absolute Gasteiger partial charge is 0.256 e. The standard InChI is InChI=1S/C26H29N/c1-26(2)12-10-18(11-13-26)22-14-20-8-9-21-17-27-25(16-24(21)23(20)15-22)19-6-4-3-5-7-19/h3-9,16-18,22H,10-15H2,1-2H3. The van der Waals surface area contributed by atoms with Crippen LogP contribution in [-0.4, -0.2) is 4.98 Å². The van der Waals surface area contributed by atoms with Crippen LogP contribution in [0.5, 0.6) is 0 Å². The van der Waals surface area contributed by atoms with Crippen LogP contribution in [0.15, 0.2) is 54.7 Å². The molecule has 1 fully saturated rings. The van der Waals surface area contributed by atoms with Crippen LogP contribution in [0.25, 0.3) is 22.0 Å². The Balaban J connectivity index is 1.46. The van der Waals surface area contributed by atoms with Crippen molar-refractivity contribution in [2.45, 2.75) is 52.4 Å². The maximum absolute atomic E-state index is 4.73. The van der Waals surface area contributed by atoms with Gasteiger partial charge in [-0.2, -0.15) is 0 Å². The summed E-state index contributed by atoms with van der Waals surface area (Å²) in [6, 6.07) is 17.5. The first-order valence-electron chi connectivity index (χ1n) is 10.5. The van der Waals surface area contributed by atoms with Crippen molar-refractivity contribution in [3.8, 4) is 11.3 Å². The fourth-order valence-electron chi connectivity index (χ4n) is 5.37. The molecule has 0 saturated heterocycles. The maximum Gasteiger partial charge on any atom is 0.0708 e. The predicted octanol–water partition coefficient (Wildman–Crippen LogP) is 6.83. The van der Waals surface area contributed by atoms with Crippen molar-refractivity contribution < 1.29 is 0 Å². The van der Waals surface area contributed by atoms with Crippen molar-refractivity contribution in [1.82, 2.24) is 4.98 Å². The summed E-state index contributed by atoms with van der Waals surface area (Å²) in [5.41, 5.74) is 6.05. The lowest BCUT2D eigenvalue weighted by Gasteiger charge is -2.37. The van der Waals surface area contributed by atoms with Gasteiger partial charge in [0, 0.05) is 17.1 Å². The second-order valence-electron chi connectivity index (χ2n) is 9.53.